The Morgan fingerprint density at radius 2 is 1.82 bits per heavy atom. The third kappa shape index (κ3) is 5.34. The topological polar surface area (TPSA) is 130 Å². The van der Waals surface area contributed by atoms with Crippen molar-refractivity contribution in [3.63, 3.8) is 0 Å². The average Bonchev–Trinajstić information content (AvgIpc) is 2.45. The van der Waals surface area contributed by atoms with Gasteiger partial charge in [0.25, 0.3) is 0 Å². The number of benzene rings is 1. The second kappa shape index (κ2) is 7.76. The lowest BCUT2D eigenvalue weighted by Crippen LogP contribution is -2.40. The van der Waals surface area contributed by atoms with Gasteiger partial charge in [-0.15, -0.1) is 0 Å². The zero-order chi connectivity index (χ0) is 16.8. The number of rotatable bonds is 9. The van der Waals surface area contributed by atoms with Crippen LogP contribution in [0.3, 0.4) is 0 Å². The van der Waals surface area contributed by atoms with Gasteiger partial charge < -0.3 is 14.9 Å². The smallest absolute Gasteiger partial charge is 0.321 e. The van der Waals surface area contributed by atoms with Crippen molar-refractivity contribution in [2.45, 2.75) is 30.2 Å². The summed E-state index contributed by atoms with van der Waals surface area (Å²) in [6, 6.07) is 4.07. The molecule has 0 fully saturated rings. The Labute approximate surface area is 127 Å². The van der Waals surface area contributed by atoms with Crippen molar-refractivity contribution in [2.75, 3.05) is 7.11 Å². The Kier molecular flexibility index (Phi) is 6.32. The number of sulfonamides is 1. The predicted octanol–water partition coefficient (Wildman–Crippen LogP) is 0.682. The second-order valence-corrected chi connectivity index (χ2v) is 6.19. The van der Waals surface area contributed by atoms with Gasteiger partial charge in [0, 0.05) is 6.42 Å². The van der Waals surface area contributed by atoms with E-state index >= 15 is 0 Å². The summed E-state index contributed by atoms with van der Waals surface area (Å²) in [5.41, 5.74) is 0. The zero-order valence-electron chi connectivity index (χ0n) is 11.9. The van der Waals surface area contributed by atoms with Crippen molar-refractivity contribution in [1.29, 1.82) is 0 Å². The molecular weight excluding hydrogens is 314 g/mol. The molecule has 8 nitrogen and oxygen atoms in total. The summed E-state index contributed by atoms with van der Waals surface area (Å²) in [5, 5.41) is 17.6. The highest BCUT2D eigenvalue weighted by Crippen LogP contribution is 2.16. The highest BCUT2D eigenvalue weighted by molar-refractivity contribution is 7.89. The lowest BCUT2D eigenvalue weighted by Gasteiger charge is -2.14. The molecule has 9 heteroatoms. The number of aliphatic carboxylic acids is 2. The Bertz CT molecular complexity index is 624. The van der Waals surface area contributed by atoms with Crippen LogP contribution in [0, 0.1) is 0 Å². The number of nitrogens with one attached hydrogen (secondary N) is 1. The summed E-state index contributed by atoms with van der Waals surface area (Å²) in [6.45, 7) is 0. The van der Waals surface area contributed by atoms with Gasteiger partial charge in [-0.2, -0.15) is 4.72 Å². The van der Waals surface area contributed by atoms with E-state index < -0.39 is 28.0 Å². The van der Waals surface area contributed by atoms with Crippen LogP contribution in [0.1, 0.15) is 19.3 Å². The molecule has 0 amide bonds. The number of carbonyl (C=O) groups is 2. The minimum Gasteiger partial charge on any atom is -0.497 e. The van der Waals surface area contributed by atoms with Crippen molar-refractivity contribution in [2.24, 2.45) is 0 Å². The Morgan fingerprint density at radius 3 is 2.27 bits per heavy atom. The molecule has 0 aliphatic rings. The van der Waals surface area contributed by atoms with Crippen LogP contribution in [0.5, 0.6) is 5.75 Å². The minimum absolute atomic E-state index is 0.0530. The van der Waals surface area contributed by atoms with E-state index in [1.54, 1.807) is 0 Å². The Morgan fingerprint density at radius 1 is 1.23 bits per heavy atom. The average molecular weight is 331 g/mol. The van der Waals surface area contributed by atoms with Crippen molar-refractivity contribution >= 4 is 22.0 Å². The van der Waals surface area contributed by atoms with Crippen LogP contribution in [0.15, 0.2) is 29.2 Å². The van der Waals surface area contributed by atoms with Gasteiger partial charge in [-0.1, -0.05) is 0 Å². The van der Waals surface area contributed by atoms with E-state index in [0.29, 0.717) is 5.75 Å². The summed E-state index contributed by atoms with van der Waals surface area (Å²) < 4.78 is 31.2. The van der Waals surface area contributed by atoms with Crippen LogP contribution < -0.4 is 9.46 Å². The van der Waals surface area contributed by atoms with E-state index in [4.69, 9.17) is 14.9 Å². The molecular formula is C13H17NO7S. The lowest BCUT2D eigenvalue weighted by molar-refractivity contribution is -0.140. The van der Waals surface area contributed by atoms with E-state index in [-0.39, 0.29) is 24.2 Å². The van der Waals surface area contributed by atoms with Crippen LogP contribution >= 0.6 is 0 Å². The van der Waals surface area contributed by atoms with E-state index in [0.717, 1.165) is 0 Å². The van der Waals surface area contributed by atoms with Gasteiger partial charge >= 0.3 is 11.9 Å². The first-order chi connectivity index (χ1) is 10.3. The molecule has 0 aliphatic heterocycles. The van der Waals surface area contributed by atoms with Gasteiger partial charge in [-0.05, 0) is 37.1 Å². The molecule has 0 bridgehead atoms. The van der Waals surface area contributed by atoms with Crippen molar-refractivity contribution in [3.8, 4) is 5.75 Å². The summed E-state index contributed by atoms with van der Waals surface area (Å²) in [6.07, 6.45) is -0.289. The Hall–Kier alpha value is -2.13. The highest BCUT2D eigenvalue weighted by atomic mass is 32.2. The van der Waals surface area contributed by atoms with E-state index in [1.165, 1.54) is 31.4 Å². The maximum absolute atomic E-state index is 12.1. The fourth-order valence-electron chi connectivity index (χ4n) is 1.70. The molecule has 0 aliphatic carbocycles. The molecule has 1 atom stereocenters. The molecule has 0 radical (unpaired) electrons. The number of carboxylic acid groups (broad SMARTS) is 2. The molecule has 1 aromatic carbocycles. The largest absolute Gasteiger partial charge is 0.497 e. The monoisotopic (exact) mass is 331 g/mol. The fraction of sp³-hybridized carbons (Fsp3) is 0.385. The molecule has 1 rings (SSSR count). The lowest BCUT2D eigenvalue weighted by atomic mass is 10.1. The van der Waals surface area contributed by atoms with Crippen LogP contribution in [0.4, 0.5) is 0 Å². The van der Waals surface area contributed by atoms with Crippen LogP contribution in [-0.4, -0.2) is 43.7 Å². The third-order valence-electron chi connectivity index (χ3n) is 2.85. The van der Waals surface area contributed by atoms with Gasteiger partial charge in [-0.3, -0.25) is 9.59 Å². The van der Waals surface area contributed by atoms with Gasteiger partial charge in [0.1, 0.15) is 11.8 Å². The van der Waals surface area contributed by atoms with Crippen molar-refractivity contribution < 1.29 is 33.0 Å². The summed E-state index contributed by atoms with van der Waals surface area (Å²) in [5.74, 6) is -1.96. The molecule has 0 spiro atoms. The van der Waals surface area contributed by atoms with Crippen LogP contribution in [0.2, 0.25) is 0 Å². The van der Waals surface area contributed by atoms with E-state index in [9.17, 15) is 18.0 Å². The van der Waals surface area contributed by atoms with E-state index in [2.05, 4.69) is 4.72 Å². The van der Waals surface area contributed by atoms with Gasteiger partial charge in [0.05, 0.1) is 12.0 Å². The first-order valence-corrected chi connectivity index (χ1v) is 7.85. The highest BCUT2D eigenvalue weighted by Gasteiger charge is 2.25. The van der Waals surface area contributed by atoms with Crippen molar-refractivity contribution in [3.05, 3.63) is 24.3 Å². The Balaban J connectivity index is 2.81. The molecule has 0 saturated heterocycles. The predicted molar refractivity (Wildman–Crippen MR) is 76.2 cm³/mol. The van der Waals surface area contributed by atoms with Gasteiger partial charge in [0.15, 0.2) is 0 Å². The molecule has 1 unspecified atom stereocenters. The first kappa shape index (κ1) is 17.9. The second-order valence-electron chi connectivity index (χ2n) is 4.47. The number of hydrogen-bond acceptors (Lipinski definition) is 5. The summed E-state index contributed by atoms with van der Waals surface area (Å²) in [7, 11) is -2.58. The molecule has 0 heterocycles. The van der Waals surface area contributed by atoms with Crippen LogP contribution in [0.25, 0.3) is 0 Å². The van der Waals surface area contributed by atoms with Crippen molar-refractivity contribution in [1.82, 2.24) is 4.72 Å². The maximum atomic E-state index is 12.1. The molecule has 0 aromatic heterocycles. The molecule has 122 valence electrons. The minimum atomic E-state index is -4.01. The molecule has 3 N–H and O–H groups in total. The van der Waals surface area contributed by atoms with Gasteiger partial charge in [-0.25, -0.2) is 8.42 Å². The maximum Gasteiger partial charge on any atom is 0.321 e. The number of carboxylic acids is 2. The number of hydrogen-bond donors (Lipinski definition) is 3. The quantitative estimate of drug-likeness (QED) is 0.606. The number of ether oxygens (including phenoxy) is 1. The molecule has 22 heavy (non-hydrogen) atoms. The normalized spacial score (nSPS) is 12.6. The standard InChI is InChI=1S/C13H17NO7S/c1-21-9-5-7-10(8-6-9)22(19,20)14-11(13(17)18)3-2-4-12(15)16/h5-8,11,14H,2-4H2,1H3,(H,15,16)(H,17,18). The van der Waals surface area contributed by atoms with Crippen LogP contribution in [-0.2, 0) is 19.6 Å². The summed E-state index contributed by atoms with van der Waals surface area (Å²) >= 11 is 0. The third-order valence-corrected chi connectivity index (χ3v) is 4.34. The SMILES string of the molecule is COc1ccc(S(=O)(=O)NC(CCCC(=O)O)C(=O)O)cc1. The fourth-order valence-corrected chi connectivity index (χ4v) is 2.92. The molecule has 0 saturated carbocycles. The van der Waals surface area contributed by atoms with Gasteiger partial charge in [0.2, 0.25) is 10.0 Å². The first-order valence-electron chi connectivity index (χ1n) is 6.37. The van der Waals surface area contributed by atoms with E-state index in [1.807, 2.05) is 0 Å². The zero-order valence-corrected chi connectivity index (χ0v) is 12.7. The summed E-state index contributed by atoms with van der Waals surface area (Å²) in [4.78, 5) is 21.4. The number of methoxy groups -OCH3 is 1. The molecule has 1 aromatic rings.